The van der Waals surface area contributed by atoms with E-state index >= 15 is 0 Å². The Morgan fingerprint density at radius 2 is 1.52 bits per heavy atom. The van der Waals surface area contributed by atoms with Crippen molar-refractivity contribution in [2.24, 2.45) is 0 Å². The van der Waals surface area contributed by atoms with Gasteiger partial charge in [-0.1, -0.05) is 12.1 Å². The number of aromatic nitrogens is 1. The first kappa shape index (κ1) is 18.4. The number of pyridine rings is 1. The second-order valence-electron chi connectivity index (χ2n) is 6.89. The van der Waals surface area contributed by atoms with Crippen LogP contribution in [-0.2, 0) is 9.59 Å². The zero-order valence-electron chi connectivity index (χ0n) is 15.3. The molecule has 1 fully saturated rings. The summed E-state index contributed by atoms with van der Waals surface area (Å²) in [7, 11) is 0. The minimum Gasteiger partial charge on any atom is -0.329 e. The van der Waals surface area contributed by atoms with Gasteiger partial charge in [-0.3, -0.25) is 19.7 Å². The molecule has 3 aromatic rings. The lowest BCUT2D eigenvalue weighted by molar-refractivity contribution is -0.133. The number of carbonyl (C=O) groups is 3. The Labute approximate surface area is 165 Å². The van der Waals surface area contributed by atoms with Gasteiger partial charge in [0, 0.05) is 41.7 Å². The second kappa shape index (κ2) is 7.59. The van der Waals surface area contributed by atoms with Crippen molar-refractivity contribution in [2.45, 2.75) is 18.8 Å². The van der Waals surface area contributed by atoms with Gasteiger partial charge in [0.1, 0.15) is 0 Å². The normalized spacial score (nSPS) is 14.5. The molecule has 1 aromatic heterocycles. The molecule has 2 heterocycles. The number of imide groups is 1. The predicted molar refractivity (Wildman–Crippen MR) is 109 cm³/mol. The van der Waals surface area contributed by atoms with Crippen LogP contribution < -0.4 is 21.5 Å². The topological polar surface area (TPSA) is 120 Å². The number of aromatic amines is 1. The number of anilines is 2. The minimum absolute atomic E-state index is 0.153. The second-order valence-corrected chi connectivity index (χ2v) is 6.89. The van der Waals surface area contributed by atoms with E-state index in [1.54, 1.807) is 54.7 Å². The summed E-state index contributed by atoms with van der Waals surface area (Å²) in [5.74, 6) is -0.699. The van der Waals surface area contributed by atoms with Crippen molar-refractivity contribution in [3.63, 3.8) is 0 Å². The van der Waals surface area contributed by atoms with Gasteiger partial charge < -0.3 is 15.6 Å². The maximum atomic E-state index is 12.3. The number of rotatable bonds is 3. The molecule has 0 spiro atoms. The van der Waals surface area contributed by atoms with Crippen LogP contribution in [0.3, 0.4) is 0 Å². The van der Waals surface area contributed by atoms with E-state index in [9.17, 15) is 19.2 Å². The smallest absolute Gasteiger partial charge is 0.323 e. The summed E-state index contributed by atoms with van der Waals surface area (Å²) in [6, 6.07) is 13.4. The Bertz CT molecular complexity index is 1150. The summed E-state index contributed by atoms with van der Waals surface area (Å²) in [4.78, 5) is 49.7. The van der Waals surface area contributed by atoms with Crippen LogP contribution in [0.15, 0.2) is 59.5 Å². The molecular weight excluding hydrogens is 372 g/mol. The summed E-state index contributed by atoms with van der Waals surface area (Å²) in [5.41, 5.74) is 1.83. The molecule has 0 radical (unpaired) electrons. The summed E-state index contributed by atoms with van der Waals surface area (Å²) < 4.78 is 0. The van der Waals surface area contributed by atoms with Crippen molar-refractivity contribution in [2.75, 3.05) is 10.6 Å². The van der Waals surface area contributed by atoms with E-state index in [-0.39, 0.29) is 36.1 Å². The first-order valence-corrected chi connectivity index (χ1v) is 9.10. The van der Waals surface area contributed by atoms with Gasteiger partial charge in [0.2, 0.25) is 11.8 Å². The molecule has 4 amide bonds. The molecule has 4 rings (SSSR count). The van der Waals surface area contributed by atoms with Gasteiger partial charge in [-0.2, -0.15) is 0 Å². The third kappa shape index (κ3) is 4.16. The Morgan fingerprint density at radius 1 is 0.862 bits per heavy atom. The van der Waals surface area contributed by atoms with Crippen LogP contribution in [0.2, 0.25) is 0 Å². The minimum atomic E-state index is -0.422. The number of urea groups is 1. The lowest BCUT2D eigenvalue weighted by Crippen LogP contribution is -2.37. The molecule has 1 saturated heterocycles. The van der Waals surface area contributed by atoms with Gasteiger partial charge in [-0.15, -0.1) is 0 Å². The zero-order chi connectivity index (χ0) is 20.4. The van der Waals surface area contributed by atoms with Crippen molar-refractivity contribution in [3.8, 4) is 0 Å². The molecule has 8 heteroatoms. The third-order valence-electron chi connectivity index (χ3n) is 4.81. The number of nitrogens with one attached hydrogen (secondary N) is 4. The number of H-pyrrole nitrogens is 1. The molecule has 0 aliphatic carbocycles. The van der Waals surface area contributed by atoms with Crippen molar-refractivity contribution in [3.05, 3.63) is 70.6 Å². The summed E-state index contributed by atoms with van der Waals surface area (Å²) in [6.07, 6.45) is 2.09. The fraction of sp³-hybridized carbons (Fsp3) is 0.143. The maximum Gasteiger partial charge on any atom is 0.323 e. The lowest BCUT2D eigenvalue weighted by Gasteiger charge is -2.21. The first-order chi connectivity index (χ1) is 14.0. The van der Waals surface area contributed by atoms with Crippen LogP contribution in [0, 0.1) is 0 Å². The van der Waals surface area contributed by atoms with Crippen molar-refractivity contribution in [1.82, 2.24) is 10.3 Å². The average Bonchev–Trinajstić information content (AvgIpc) is 2.68. The van der Waals surface area contributed by atoms with Crippen LogP contribution in [0.4, 0.5) is 16.2 Å². The van der Waals surface area contributed by atoms with Crippen molar-refractivity contribution in [1.29, 1.82) is 0 Å². The average molecular weight is 390 g/mol. The Kier molecular flexibility index (Phi) is 4.82. The summed E-state index contributed by atoms with van der Waals surface area (Å²) in [5, 5.41) is 9.03. The fourth-order valence-electron chi connectivity index (χ4n) is 3.42. The van der Waals surface area contributed by atoms with Gasteiger partial charge in [0.25, 0.3) is 5.56 Å². The number of hydrogen-bond donors (Lipinski definition) is 4. The highest BCUT2D eigenvalue weighted by Gasteiger charge is 2.25. The predicted octanol–water partition coefficient (Wildman–Crippen LogP) is 2.69. The highest BCUT2D eigenvalue weighted by molar-refractivity contribution is 6.01. The lowest BCUT2D eigenvalue weighted by atomic mass is 9.89. The van der Waals surface area contributed by atoms with Crippen LogP contribution in [-0.4, -0.2) is 22.8 Å². The van der Waals surface area contributed by atoms with E-state index in [4.69, 9.17) is 0 Å². The molecule has 29 heavy (non-hydrogen) atoms. The standard InChI is InChI=1S/C21H18N4O4/c26-18-10-14(11-19(27)25-18)12-1-3-15(4-2-12)23-21(29)24-16-5-6-17-13(9-16)7-8-22-20(17)28/h1-9,14H,10-11H2,(H,22,28)(H2,23,24,29)(H,25,26,27). The Hall–Kier alpha value is -3.94. The van der Waals surface area contributed by atoms with E-state index < -0.39 is 6.03 Å². The molecule has 8 nitrogen and oxygen atoms in total. The number of carbonyl (C=O) groups excluding carboxylic acids is 3. The fourth-order valence-corrected chi connectivity index (χ4v) is 3.42. The van der Waals surface area contributed by atoms with Gasteiger partial charge >= 0.3 is 6.03 Å². The number of benzene rings is 2. The number of hydrogen-bond acceptors (Lipinski definition) is 4. The van der Waals surface area contributed by atoms with Crippen molar-refractivity contribution >= 4 is 40.0 Å². The number of amides is 4. The largest absolute Gasteiger partial charge is 0.329 e. The Morgan fingerprint density at radius 3 is 2.24 bits per heavy atom. The molecule has 4 N–H and O–H groups in total. The SMILES string of the molecule is O=C1CC(c2ccc(NC(=O)Nc3ccc4c(=O)[nH]ccc4c3)cc2)CC(=O)N1. The molecular formula is C21H18N4O4. The molecule has 0 bridgehead atoms. The van der Waals surface area contributed by atoms with Crippen LogP contribution in [0.25, 0.3) is 10.8 Å². The molecule has 0 atom stereocenters. The van der Waals surface area contributed by atoms with Gasteiger partial charge in [-0.25, -0.2) is 4.79 Å². The molecule has 1 aliphatic rings. The molecule has 1 aliphatic heterocycles. The van der Waals surface area contributed by atoms with Crippen LogP contribution in [0.1, 0.15) is 24.3 Å². The Balaban J connectivity index is 1.41. The highest BCUT2D eigenvalue weighted by atomic mass is 16.2. The molecule has 0 unspecified atom stereocenters. The van der Waals surface area contributed by atoms with E-state index in [1.807, 2.05) is 0 Å². The van der Waals surface area contributed by atoms with Gasteiger partial charge in [0.15, 0.2) is 0 Å². The molecule has 146 valence electrons. The third-order valence-corrected chi connectivity index (χ3v) is 4.81. The van der Waals surface area contributed by atoms with Crippen molar-refractivity contribution < 1.29 is 14.4 Å². The summed E-state index contributed by atoms with van der Waals surface area (Å²) in [6.45, 7) is 0. The van der Waals surface area contributed by atoms with Crippen LogP contribution in [0.5, 0.6) is 0 Å². The summed E-state index contributed by atoms with van der Waals surface area (Å²) >= 11 is 0. The monoisotopic (exact) mass is 390 g/mol. The highest BCUT2D eigenvalue weighted by Crippen LogP contribution is 2.27. The van der Waals surface area contributed by atoms with E-state index in [1.165, 1.54) is 0 Å². The van der Waals surface area contributed by atoms with E-state index in [2.05, 4.69) is 20.9 Å². The zero-order valence-corrected chi connectivity index (χ0v) is 15.3. The molecule has 0 saturated carbocycles. The number of fused-ring (bicyclic) bond motifs is 1. The van der Waals surface area contributed by atoms with E-state index in [0.29, 0.717) is 16.8 Å². The molecule has 2 aromatic carbocycles. The van der Waals surface area contributed by atoms with E-state index in [0.717, 1.165) is 10.9 Å². The van der Waals surface area contributed by atoms with Crippen LogP contribution >= 0.6 is 0 Å². The van der Waals surface area contributed by atoms with Gasteiger partial charge in [0.05, 0.1) is 0 Å². The quantitative estimate of drug-likeness (QED) is 0.514. The van der Waals surface area contributed by atoms with Gasteiger partial charge in [-0.05, 0) is 47.3 Å². The number of piperidine rings is 1. The first-order valence-electron chi connectivity index (χ1n) is 9.10. The maximum absolute atomic E-state index is 12.3.